The van der Waals surface area contributed by atoms with E-state index in [0.29, 0.717) is 12.0 Å². The Kier molecular flexibility index (Phi) is 8.81. The lowest BCUT2D eigenvalue weighted by atomic mass is 9.95. The second-order valence-corrected chi connectivity index (χ2v) is 7.29. The van der Waals surface area contributed by atoms with Crippen LogP contribution in [0.3, 0.4) is 0 Å². The highest BCUT2D eigenvalue weighted by molar-refractivity contribution is 6.01. The largest absolute Gasteiger partial charge is 0.388 e. The van der Waals surface area contributed by atoms with E-state index in [1.807, 2.05) is 30.3 Å². The number of nitrogens with one attached hydrogen (secondary N) is 1. The molecule has 1 aromatic rings. The molecule has 164 valence electrons. The number of aliphatic hydroxyl groups is 3. The fourth-order valence-electron chi connectivity index (χ4n) is 3.51. The van der Waals surface area contributed by atoms with Crippen LogP contribution in [0.4, 0.5) is 5.69 Å². The minimum absolute atomic E-state index is 0.185. The standard InChI is InChI=1S/C22H31N3O5/c1-4-11-25(6-3)16-9-7-14(8-10-16)12-15(13-23)21(28)24-18-20(27)19(26)17(5-2)30-22(18)29/h7-10,12,17-20,22,26-27,29H,4-6,11H2,1-3H3,(H,24,28)/b15-12+/t17-,18-,19-,20-,22?/m1/s1. The molecule has 0 aliphatic carbocycles. The van der Waals surface area contributed by atoms with Gasteiger partial charge in [0.05, 0.1) is 6.10 Å². The molecule has 1 heterocycles. The summed E-state index contributed by atoms with van der Waals surface area (Å²) in [5, 5.41) is 42.2. The average Bonchev–Trinajstić information content (AvgIpc) is 2.76. The molecule has 5 atom stereocenters. The second kappa shape index (κ2) is 11.1. The van der Waals surface area contributed by atoms with Gasteiger partial charge >= 0.3 is 0 Å². The molecule has 1 fully saturated rings. The smallest absolute Gasteiger partial charge is 0.262 e. The molecule has 0 bridgehead atoms. The number of hydrogen-bond acceptors (Lipinski definition) is 7. The normalized spacial score (nSPS) is 26.7. The van der Waals surface area contributed by atoms with Gasteiger partial charge in [-0.3, -0.25) is 4.79 Å². The highest BCUT2D eigenvalue weighted by Gasteiger charge is 2.44. The van der Waals surface area contributed by atoms with Crippen LogP contribution in [0.25, 0.3) is 6.08 Å². The highest BCUT2D eigenvalue weighted by atomic mass is 16.6. The van der Waals surface area contributed by atoms with Crippen molar-refractivity contribution < 1.29 is 24.9 Å². The second-order valence-electron chi connectivity index (χ2n) is 7.29. The van der Waals surface area contributed by atoms with E-state index in [-0.39, 0.29) is 5.57 Å². The molecule has 1 aliphatic heterocycles. The van der Waals surface area contributed by atoms with Crippen LogP contribution in [0.1, 0.15) is 39.2 Å². The highest BCUT2D eigenvalue weighted by Crippen LogP contribution is 2.22. The molecule has 1 aliphatic rings. The van der Waals surface area contributed by atoms with Crippen LogP contribution in [0.15, 0.2) is 29.8 Å². The van der Waals surface area contributed by atoms with Crippen LogP contribution in [0.2, 0.25) is 0 Å². The zero-order chi connectivity index (χ0) is 22.3. The first-order valence-corrected chi connectivity index (χ1v) is 10.3. The first-order valence-electron chi connectivity index (χ1n) is 10.3. The number of anilines is 1. The first kappa shape index (κ1) is 23.8. The van der Waals surface area contributed by atoms with E-state index < -0.39 is 36.6 Å². The fourth-order valence-corrected chi connectivity index (χ4v) is 3.51. The van der Waals surface area contributed by atoms with Gasteiger partial charge in [-0.25, -0.2) is 0 Å². The van der Waals surface area contributed by atoms with Gasteiger partial charge in [-0.05, 0) is 43.5 Å². The number of hydrogen-bond donors (Lipinski definition) is 4. The van der Waals surface area contributed by atoms with Gasteiger partial charge in [-0.2, -0.15) is 5.26 Å². The maximum Gasteiger partial charge on any atom is 0.262 e. The maximum absolute atomic E-state index is 12.5. The van der Waals surface area contributed by atoms with Gasteiger partial charge in [-0.15, -0.1) is 0 Å². The van der Waals surface area contributed by atoms with E-state index in [4.69, 9.17) is 4.74 Å². The minimum atomic E-state index is -1.49. The Morgan fingerprint density at radius 1 is 1.20 bits per heavy atom. The van der Waals surface area contributed by atoms with Gasteiger partial charge in [0.2, 0.25) is 0 Å². The number of rotatable bonds is 8. The summed E-state index contributed by atoms with van der Waals surface area (Å²) in [6.07, 6.45) is -2.04. The third-order valence-electron chi connectivity index (χ3n) is 5.23. The molecule has 4 N–H and O–H groups in total. The van der Waals surface area contributed by atoms with E-state index in [9.17, 15) is 25.4 Å². The van der Waals surface area contributed by atoms with Gasteiger partial charge in [0.1, 0.15) is 29.9 Å². The molecule has 30 heavy (non-hydrogen) atoms. The summed E-state index contributed by atoms with van der Waals surface area (Å²) in [7, 11) is 0. The first-order chi connectivity index (χ1) is 14.4. The summed E-state index contributed by atoms with van der Waals surface area (Å²) in [5.41, 5.74) is 1.55. The van der Waals surface area contributed by atoms with Crippen molar-refractivity contribution in [3.05, 3.63) is 35.4 Å². The Hall–Kier alpha value is -2.44. The monoisotopic (exact) mass is 417 g/mol. The molecule has 2 rings (SSSR count). The number of nitrogens with zero attached hydrogens (tertiary/aromatic N) is 2. The topological polar surface area (TPSA) is 126 Å². The van der Waals surface area contributed by atoms with Crippen LogP contribution in [-0.4, -0.2) is 65.0 Å². The SMILES string of the molecule is CCCN(CC)c1ccc(/C=C(\C#N)C(=O)N[C@H]2C(O)O[C@H](CC)[C@@H](O)[C@@H]2O)cc1. The van der Waals surface area contributed by atoms with Gasteiger partial charge in [-0.1, -0.05) is 26.0 Å². The van der Waals surface area contributed by atoms with Crippen molar-refractivity contribution in [2.24, 2.45) is 0 Å². The van der Waals surface area contributed by atoms with Crippen LogP contribution in [0.5, 0.6) is 0 Å². The van der Waals surface area contributed by atoms with Gasteiger partial charge in [0.15, 0.2) is 6.29 Å². The van der Waals surface area contributed by atoms with E-state index >= 15 is 0 Å². The van der Waals surface area contributed by atoms with Crippen LogP contribution >= 0.6 is 0 Å². The maximum atomic E-state index is 12.5. The van der Waals surface area contributed by atoms with Gasteiger partial charge in [0.25, 0.3) is 5.91 Å². The Labute approximate surface area is 177 Å². The molecule has 1 amide bonds. The van der Waals surface area contributed by atoms with Crippen molar-refractivity contribution in [2.45, 2.75) is 64.3 Å². The summed E-state index contributed by atoms with van der Waals surface area (Å²) in [6, 6.07) is 8.10. The van der Waals surface area contributed by atoms with Crippen molar-refractivity contribution in [2.75, 3.05) is 18.0 Å². The van der Waals surface area contributed by atoms with Crippen molar-refractivity contribution >= 4 is 17.7 Å². The van der Waals surface area contributed by atoms with Crippen LogP contribution in [-0.2, 0) is 9.53 Å². The summed E-state index contributed by atoms with van der Waals surface area (Å²) in [6.45, 7) is 7.77. The minimum Gasteiger partial charge on any atom is -0.388 e. The molecule has 0 spiro atoms. The zero-order valence-electron chi connectivity index (χ0n) is 17.7. The molecule has 1 saturated heterocycles. The molecule has 1 unspecified atom stereocenters. The molecule has 8 heteroatoms. The van der Waals surface area contributed by atoms with E-state index in [0.717, 1.165) is 25.2 Å². The fraction of sp³-hybridized carbons (Fsp3) is 0.545. The Balaban J connectivity index is 2.12. The molecule has 0 saturated carbocycles. The van der Waals surface area contributed by atoms with Gasteiger partial charge in [0, 0.05) is 18.8 Å². The van der Waals surface area contributed by atoms with Gasteiger partial charge < -0.3 is 30.3 Å². The number of benzene rings is 1. The number of aliphatic hydroxyl groups excluding tert-OH is 3. The molecule has 0 aromatic heterocycles. The van der Waals surface area contributed by atoms with Crippen molar-refractivity contribution in [3.8, 4) is 6.07 Å². The van der Waals surface area contributed by atoms with Crippen molar-refractivity contribution in [3.63, 3.8) is 0 Å². The summed E-state index contributed by atoms with van der Waals surface area (Å²) < 4.78 is 5.25. The van der Waals surface area contributed by atoms with Crippen LogP contribution < -0.4 is 10.2 Å². The zero-order valence-corrected chi connectivity index (χ0v) is 17.7. The Bertz CT molecular complexity index is 774. The predicted octanol–water partition coefficient (Wildman–Crippen LogP) is 1.16. The van der Waals surface area contributed by atoms with Crippen LogP contribution in [0, 0.1) is 11.3 Å². The lowest BCUT2D eigenvalue weighted by Crippen LogP contribution is -2.63. The average molecular weight is 418 g/mol. The quantitative estimate of drug-likeness (QED) is 0.369. The van der Waals surface area contributed by atoms with Crippen molar-refractivity contribution in [1.29, 1.82) is 5.26 Å². The molecular formula is C22H31N3O5. The third kappa shape index (κ3) is 5.58. The lowest BCUT2D eigenvalue weighted by Gasteiger charge is -2.40. The lowest BCUT2D eigenvalue weighted by molar-refractivity contribution is -0.247. The predicted molar refractivity (Wildman–Crippen MR) is 113 cm³/mol. The van der Waals surface area contributed by atoms with E-state index in [1.54, 1.807) is 6.92 Å². The molecular weight excluding hydrogens is 386 g/mol. The number of carbonyl (C=O) groups excluding carboxylic acids is 1. The number of ether oxygens (including phenoxy) is 1. The summed E-state index contributed by atoms with van der Waals surface area (Å²) in [5.74, 6) is -0.767. The molecule has 1 aromatic carbocycles. The molecule has 8 nitrogen and oxygen atoms in total. The molecule has 0 radical (unpaired) electrons. The number of carbonyl (C=O) groups is 1. The Morgan fingerprint density at radius 3 is 2.40 bits per heavy atom. The van der Waals surface area contributed by atoms with Crippen molar-refractivity contribution in [1.82, 2.24) is 5.32 Å². The Morgan fingerprint density at radius 2 is 1.87 bits per heavy atom. The third-order valence-corrected chi connectivity index (χ3v) is 5.23. The van der Waals surface area contributed by atoms with E-state index in [1.165, 1.54) is 6.08 Å². The number of nitriles is 1. The summed E-state index contributed by atoms with van der Waals surface area (Å²) >= 11 is 0. The van der Waals surface area contributed by atoms with E-state index in [2.05, 4.69) is 24.1 Å². The summed E-state index contributed by atoms with van der Waals surface area (Å²) in [4.78, 5) is 14.8. The number of amides is 1.